The summed E-state index contributed by atoms with van der Waals surface area (Å²) in [5.41, 5.74) is -4.49. The van der Waals surface area contributed by atoms with Gasteiger partial charge in [0.05, 0.1) is 13.2 Å². The number of esters is 2. The topological polar surface area (TPSA) is 168 Å². The Morgan fingerprint density at radius 3 is 1.21 bits per heavy atom. The van der Waals surface area contributed by atoms with Crippen molar-refractivity contribution in [1.82, 2.24) is 0 Å². The Kier molecular flexibility index (Phi) is 9.77. The zero-order valence-corrected chi connectivity index (χ0v) is 19.7. The van der Waals surface area contributed by atoms with Gasteiger partial charge in [-0.15, -0.1) is 0 Å². The molecule has 0 saturated heterocycles. The van der Waals surface area contributed by atoms with E-state index in [1.165, 1.54) is 41.5 Å². The van der Waals surface area contributed by atoms with Gasteiger partial charge in [-0.1, -0.05) is 27.7 Å². The average Bonchev–Trinajstić information content (AvgIpc) is 2.60. The Bertz CT molecular complexity index is 634. The van der Waals surface area contributed by atoms with Gasteiger partial charge in [-0.25, -0.2) is 0 Å². The highest BCUT2D eigenvalue weighted by Crippen LogP contribution is 2.81. The van der Waals surface area contributed by atoms with Gasteiger partial charge < -0.3 is 29.0 Å². The van der Waals surface area contributed by atoms with Gasteiger partial charge in [-0.3, -0.25) is 18.7 Å². The van der Waals surface area contributed by atoms with Crippen LogP contribution in [0.4, 0.5) is 0 Å². The first-order chi connectivity index (χ1) is 13.2. The Morgan fingerprint density at radius 2 is 1.03 bits per heavy atom. The van der Waals surface area contributed by atoms with Crippen molar-refractivity contribution in [2.75, 3.05) is 13.2 Å². The maximum absolute atomic E-state index is 13.2. The maximum atomic E-state index is 13.2. The highest BCUT2D eigenvalue weighted by atomic mass is 31.2. The molecule has 4 N–H and O–H groups in total. The second-order valence-corrected chi connectivity index (χ2v) is 10.8. The average molecular weight is 460 g/mol. The molecular weight excluding hydrogens is 426 g/mol. The normalized spacial score (nSPS) is 13.9. The monoisotopic (exact) mass is 460 g/mol. The van der Waals surface area contributed by atoms with Crippen molar-refractivity contribution < 1.29 is 47.8 Å². The highest BCUT2D eigenvalue weighted by molar-refractivity contribution is 7.72. The van der Waals surface area contributed by atoms with E-state index in [1.54, 1.807) is 0 Å². The Balaban J connectivity index is 7.76. The van der Waals surface area contributed by atoms with Crippen molar-refractivity contribution in [3.63, 3.8) is 0 Å². The van der Waals surface area contributed by atoms with Gasteiger partial charge in [0.1, 0.15) is 0 Å². The van der Waals surface area contributed by atoms with Crippen LogP contribution in [-0.4, -0.2) is 49.6 Å². The fourth-order valence-corrected chi connectivity index (χ4v) is 9.16. The van der Waals surface area contributed by atoms with Gasteiger partial charge in [-0.2, -0.15) is 0 Å². The second-order valence-electron chi connectivity index (χ2n) is 6.75. The zero-order chi connectivity index (χ0) is 23.3. The van der Waals surface area contributed by atoms with Gasteiger partial charge in [-0.05, 0) is 39.5 Å². The summed E-state index contributed by atoms with van der Waals surface area (Å²) in [6, 6.07) is 0. The van der Waals surface area contributed by atoms with E-state index in [1.807, 2.05) is 0 Å². The van der Waals surface area contributed by atoms with Crippen LogP contribution in [0.5, 0.6) is 0 Å². The summed E-state index contributed by atoms with van der Waals surface area (Å²) < 4.78 is 35.6. The quantitative estimate of drug-likeness (QED) is 0.193. The molecule has 0 aromatic heterocycles. The number of hydrogen-bond acceptors (Lipinski definition) is 6. The van der Waals surface area contributed by atoms with E-state index < -0.39 is 49.3 Å². The Morgan fingerprint density at radius 1 is 0.690 bits per heavy atom. The van der Waals surface area contributed by atoms with Crippen molar-refractivity contribution in [3.05, 3.63) is 0 Å². The van der Waals surface area contributed by atoms with E-state index in [4.69, 9.17) is 9.47 Å². The minimum atomic E-state index is -5.59. The molecule has 0 radical (unpaired) electrons. The Hall–Kier alpha value is -0.760. The van der Waals surface area contributed by atoms with E-state index in [2.05, 4.69) is 0 Å². The third kappa shape index (κ3) is 4.08. The summed E-state index contributed by atoms with van der Waals surface area (Å²) >= 11 is 0. The van der Waals surface area contributed by atoms with Crippen molar-refractivity contribution in [3.8, 4) is 0 Å². The molecule has 0 aliphatic heterocycles. The molecule has 0 aliphatic carbocycles. The first kappa shape index (κ1) is 28.2. The van der Waals surface area contributed by atoms with Crippen LogP contribution in [0.15, 0.2) is 0 Å². The summed E-state index contributed by atoms with van der Waals surface area (Å²) in [4.78, 5) is 64.4. The van der Waals surface area contributed by atoms with Gasteiger partial charge in [0.2, 0.25) is 0 Å². The molecule has 172 valence electrons. The summed E-state index contributed by atoms with van der Waals surface area (Å²) in [6.07, 6.45) is -1.59. The number of ether oxygens (including phenoxy) is 2. The van der Waals surface area contributed by atoms with Crippen LogP contribution in [-0.2, 0) is 28.2 Å². The number of hydrogen-bond donors (Lipinski definition) is 4. The lowest BCUT2D eigenvalue weighted by molar-refractivity contribution is -0.187. The number of rotatable bonds is 12. The van der Waals surface area contributed by atoms with E-state index >= 15 is 0 Å². The van der Waals surface area contributed by atoms with Crippen molar-refractivity contribution in [2.24, 2.45) is 10.8 Å². The molecule has 0 saturated carbocycles. The predicted octanol–water partition coefficient (Wildman–Crippen LogP) is 2.78. The number of carbonyl (C=O) groups excluding carboxylic acids is 2. The van der Waals surface area contributed by atoms with Crippen LogP contribution in [0.2, 0.25) is 0 Å². The van der Waals surface area contributed by atoms with Crippen LogP contribution in [0.3, 0.4) is 0 Å². The first-order valence-electron chi connectivity index (χ1n) is 9.66. The lowest BCUT2D eigenvalue weighted by Crippen LogP contribution is -2.63. The lowest BCUT2D eigenvalue weighted by Gasteiger charge is -2.56. The van der Waals surface area contributed by atoms with E-state index in [9.17, 15) is 38.3 Å². The summed E-state index contributed by atoms with van der Waals surface area (Å²) in [5.74, 6) is -2.24. The third-order valence-electron chi connectivity index (χ3n) is 6.03. The molecule has 0 aliphatic rings. The molecular formula is C17H34O10P2. The summed E-state index contributed by atoms with van der Waals surface area (Å²) in [7, 11) is -11.2. The van der Waals surface area contributed by atoms with Gasteiger partial charge in [0.15, 0.2) is 10.3 Å². The molecule has 0 fully saturated rings. The maximum Gasteiger partial charge on any atom is 0.344 e. The Labute approximate surface area is 171 Å². The van der Waals surface area contributed by atoms with Crippen molar-refractivity contribution in [1.29, 1.82) is 0 Å². The summed E-state index contributed by atoms with van der Waals surface area (Å²) in [6.45, 7) is 8.19. The van der Waals surface area contributed by atoms with Gasteiger partial charge in [0.25, 0.3) is 0 Å². The molecule has 0 aromatic carbocycles. The molecule has 0 rings (SSSR count). The minimum absolute atomic E-state index is 0.144. The molecule has 0 atom stereocenters. The lowest BCUT2D eigenvalue weighted by atomic mass is 9.56. The van der Waals surface area contributed by atoms with Crippen LogP contribution < -0.4 is 0 Å². The fourth-order valence-electron chi connectivity index (χ4n) is 4.85. The van der Waals surface area contributed by atoms with Gasteiger partial charge in [0, 0.05) is 5.41 Å². The molecule has 0 aromatic rings. The second kappa shape index (κ2) is 10.0. The minimum Gasteiger partial charge on any atom is -0.465 e. The molecule has 0 spiro atoms. The van der Waals surface area contributed by atoms with Gasteiger partial charge >= 0.3 is 27.1 Å². The van der Waals surface area contributed by atoms with Crippen molar-refractivity contribution in [2.45, 2.75) is 72.1 Å². The fraction of sp³-hybridized carbons (Fsp3) is 0.882. The largest absolute Gasteiger partial charge is 0.465 e. The highest BCUT2D eigenvalue weighted by Gasteiger charge is 2.78. The predicted molar refractivity (Wildman–Crippen MR) is 106 cm³/mol. The van der Waals surface area contributed by atoms with Crippen LogP contribution >= 0.6 is 15.2 Å². The van der Waals surface area contributed by atoms with Crippen molar-refractivity contribution >= 4 is 27.1 Å². The zero-order valence-electron chi connectivity index (χ0n) is 17.9. The van der Waals surface area contributed by atoms with Crippen LogP contribution in [0.1, 0.15) is 67.2 Å². The van der Waals surface area contributed by atoms with E-state index in [-0.39, 0.29) is 32.5 Å². The molecule has 0 amide bonds. The molecule has 12 heteroatoms. The van der Waals surface area contributed by atoms with E-state index in [0.29, 0.717) is 0 Å². The van der Waals surface area contributed by atoms with E-state index in [0.717, 1.165) is 0 Å². The molecule has 0 unspecified atom stereocenters. The number of carbonyl (C=O) groups is 2. The smallest absolute Gasteiger partial charge is 0.344 e. The van der Waals surface area contributed by atoms with Crippen LogP contribution in [0.25, 0.3) is 0 Å². The molecule has 0 heterocycles. The SMILES string of the molecule is CCOC(=O)C(CC)(C(=O)OCC)C(CC)(CC)C(CC)(P(=O)(O)O)P(=O)(O)O. The molecule has 10 nitrogen and oxygen atoms in total. The first-order valence-corrected chi connectivity index (χ1v) is 12.9. The molecule has 0 bridgehead atoms. The molecule has 29 heavy (non-hydrogen) atoms. The van der Waals surface area contributed by atoms with Crippen LogP contribution in [0, 0.1) is 10.8 Å². The third-order valence-corrected chi connectivity index (χ3v) is 11.0. The summed E-state index contributed by atoms with van der Waals surface area (Å²) in [5, 5.41) is 0. The standard InChI is InChI=1S/C17H34O10P2/c1-7-15(8-2,17(10-4,28(20,21)22)29(23,24)25)16(9-3,13(18)26-11-5)14(19)27-12-6/h7-12H2,1-6H3,(H2,20,21,22)(H2,23,24,25).